The molecule has 256 valence electrons. The number of azo groups is 1. The summed E-state index contributed by atoms with van der Waals surface area (Å²) in [7, 11) is 1.44. The van der Waals surface area contributed by atoms with Gasteiger partial charge in [0.25, 0.3) is 5.91 Å². The summed E-state index contributed by atoms with van der Waals surface area (Å²) in [5, 5.41) is 29.9. The Hall–Kier alpha value is -5.63. The van der Waals surface area contributed by atoms with Crippen LogP contribution in [0.25, 0.3) is 21.8 Å². The van der Waals surface area contributed by atoms with Crippen LogP contribution in [-0.2, 0) is 6.67 Å². The van der Waals surface area contributed by atoms with E-state index in [1.165, 1.54) is 25.7 Å². The van der Waals surface area contributed by atoms with Gasteiger partial charge in [0.05, 0.1) is 30.2 Å². The molecule has 5 heterocycles. The predicted molar refractivity (Wildman–Crippen MR) is 182 cm³/mol. The molecule has 0 radical (unpaired) electrons. The number of carbonyl (C=O) groups is 2. The third-order valence-electron chi connectivity index (χ3n) is 10.2. The molecule has 1 aliphatic carbocycles. The molecule has 13 nitrogen and oxygen atoms in total. The molecule has 2 unspecified atom stereocenters. The van der Waals surface area contributed by atoms with Crippen LogP contribution in [0, 0.1) is 11.7 Å². The highest BCUT2D eigenvalue weighted by molar-refractivity contribution is 5.98. The number of para-hydroxylation sites is 1. The van der Waals surface area contributed by atoms with Crippen molar-refractivity contribution in [3.63, 3.8) is 0 Å². The zero-order valence-corrected chi connectivity index (χ0v) is 27.2. The Morgan fingerprint density at radius 2 is 1.86 bits per heavy atom. The van der Waals surface area contributed by atoms with Gasteiger partial charge in [-0.15, -0.1) is 10.2 Å². The minimum absolute atomic E-state index is 0.00215. The van der Waals surface area contributed by atoms with Gasteiger partial charge >= 0.3 is 5.97 Å². The Morgan fingerprint density at radius 3 is 2.60 bits per heavy atom. The number of hydrogen-bond donors (Lipinski definition) is 2. The molecule has 50 heavy (non-hydrogen) atoms. The summed E-state index contributed by atoms with van der Waals surface area (Å²) < 4.78 is 25.5. The number of methoxy groups -OCH3 is 1. The molecular formula is C36H34FN7O6. The molecule has 2 aliphatic heterocycles. The summed E-state index contributed by atoms with van der Waals surface area (Å²) >= 11 is 0. The van der Waals surface area contributed by atoms with E-state index in [0.29, 0.717) is 36.2 Å². The van der Waals surface area contributed by atoms with Crippen LogP contribution in [0.1, 0.15) is 52.4 Å². The summed E-state index contributed by atoms with van der Waals surface area (Å²) in [4.78, 5) is 45.9. The molecule has 5 aromatic rings. The van der Waals surface area contributed by atoms with E-state index in [0.717, 1.165) is 43.8 Å². The lowest BCUT2D eigenvalue weighted by molar-refractivity contribution is 0.0694. The summed E-state index contributed by atoms with van der Waals surface area (Å²) in [6.07, 6.45) is 7.82. The van der Waals surface area contributed by atoms with Crippen molar-refractivity contribution < 1.29 is 28.9 Å². The number of piperidine rings is 1. The van der Waals surface area contributed by atoms with Crippen LogP contribution < -0.4 is 15.1 Å². The SMILES string of the molecule is COc1c(N2CC3CCCN(Cn4c(O)c(N=NC(=O)c5ccncc5)c5ccccc54)C3C2)c(F)cc2c(=O)c(C(=O)O)cn(C3CC3)c12. The first kappa shape index (κ1) is 31.6. The van der Waals surface area contributed by atoms with E-state index in [2.05, 4.69) is 20.1 Å². The highest BCUT2D eigenvalue weighted by Crippen LogP contribution is 2.46. The summed E-state index contributed by atoms with van der Waals surface area (Å²) in [6.45, 7) is 2.09. The van der Waals surface area contributed by atoms with Crippen molar-refractivity contribution >= 4 is 45.1 Å². The molecule has 2 aromatic carbocycles. The molecule has 1 saturated carbocycles. The van der Waals surface area contributed by atoms with Crippen molar-refractivity contribution in [2.24, 2.45) is 16.1 Å². The fourth-order valence-electron chi connectivity index (χ4n) is 7.70. The molecule has 8 rings (SSSR count). The zero-order valence-electron chi connectivity index (χ0n) is 27.2. The molecule has 2 N–H and O–H groups in total. The Labute approximate surface area is 284 Å². The van der Waals surface area contributed by atoms with Gasteiger partial charge in [-0.3, -0.25) is 24.0 Å². The zero-order chi connectivity index (χ0) is 34.7. The number of aromatic nitrogens is 3. The van der Waals surface area contributed by atoms with E-state index in [4.69, 9.17) is 4.74 Å². The van der Waals surface area contributed by atoms with E-state index in [-0.39, 0.29) is 46.4 Å². The standard InChI is InChI=1S/C36H34FN7O6/c1-50-33-30-24(32(45)25(36(48)49)17-43(30)22-8-9-22)15-26(37)31(33)42-16-21-5-4-14-41(28(21)18-42)19-44-27-7-3-2-6-23(27)29(35(44)47)39-40-34(46)20-10-12-38-13-11-20/h2-3,6-7,10-13,15,17,21-22,28,47H,4-5,8-9,14,16,18-19H2,1H3,(H,48,49). The number of carboxylic acids is 1. The number of halogens is 1. The van der Waals surface area contributed by atoms with Crippen molar-refractivity contribution in [1.29, 1.82) is 0 Å². The van der Waals surface area contributed by atoms with E-state index in [1.807, 2.05) is 29.2 Å². The molecule has 0 spiro atoms. The first-order valence-corrected chi connectivity index (χ1v) is 16.6. The topological polar surface area (TPSA) is 155 Å². The number of likely N-dealkylation sites (tertiary alicyclic amines) is 1. The quantitative estimate of drug-likeness (QED) is 0.196. The number of fused-ring (bicyclic) bond motifs is 3. The maximum atomic E-state index is 16.2. The second kappa shape index (κ2) is 12.4. The maximum absolute atomic E-state index is 16.2. The van der Waals surface area contributed by atoms with Gasteiger partial charge in [-0.05, 0) is 55.9 Å². The molecule has 2 atom stereocenters. The number of carbonyl (C=O) groups excluding carboxylic acids is 1. The molecular weight excluding hydrogens is 645 g/mol. The predicted octanol–water partition coefficient (Wildman–Crippen LogP) is 5.72. The van der Waals surface area contributed by atoms with Crippen molar-refractivity contribution in [3.8, 4) is 11.6 Å². The lowest BCUT2D eigenvalue weighted by atomic mass is 9.92. The van der Waals surface area contributed by atoms with Crippen LogP contribution in [0.2, 0.25) is 0 Å². The van der Waals surface area contributed by atoms with Crippen molar-refractivity contribution in [3.05, 3.63) is 88.2 Å². The number of hydrogen-bond acceptors (Lipinski definition) is 9. The molecule has 3 aromatic heterocycles. The summed E-state index contributed by atoms with van der Waals surface area (Å²) in [6, 6.07) is 11.6. The van der Waals surface area contributed by atoms with E-state index < -0.39 is 28.7 Å². The van der Waals surface area contributed by atoms with Gasteiger partial charge in [-0.1, -0.05) is 18.2 Å². The highest BCUT2D eigenvalue weighted by Gasteiger charge is 2.42. The highest BCUT2D eigenvalue weighted by atomic mass is 19.1. The Balaban J connectivity index is 1.12. The molecule has 14 heteroatoms. The average Bonchev–Trinajstić information content (AvgIpc) is 3.82. The fourth-order valence-corrected chi connectivity index (χ4v) is 7.70. The first-order valence-electron chi connectivity index (χ1n) is 16.6. The molecule has 3 aliphatic rings. The Kier molecular flexibility index (Phi) is 7.82. The Bertz CT molecular complexity index is 2260. The van der Waals surface area contributed by atoms with Gasteiger partial charge < -0.3 is 24.4 Å². The first-order chi connectivity index (χ1) is 24.2. The van der Waals surface area contributed by atoms with Gasteiger partial charge in [0, 0.05) is 61.3 Å². The lowest BCUT2D eigenvalue weighted by Gasteiger charge is -2.37. The molecule has 0 bridgehead atoms. The summed E-state index contributed by atoms with van der Waals surface area (Å²) in [5.74, 6) is -2.27. The van der Waals surface area contributed by atoms with Crippen molar-refractivity contribution in [1.82, 2.24) is 19.0 Å². The van der Waals surface area contributed by atoms with Gasteiger partial charge in [0.2, 0.25) is 11.3 Å². The monoisotopic (exact) mass is 679 g/mol. The number of rotatable bonds is 8. The van der Waals surface area contributed by atoms with Gasteiger partial charge in [-0.2, -0.15) is 0 Å². The third kappa shape index (κ3) is 5.26. The number of ether oxygens (including phenoxy) is 1. The number of benzene rings is 2. The molecule has 3 fully saturated rings. The van der Waals surface area contributed by atoms with Crippen LogP contribution in [0.3, 0.4) is 0 Å². The largest absolute Gasteiger partial charge is 0.493 e. The number of aromatic hydroxyl groups is 1. The molecule has 2 saturated heterocycles. The van der Waals surface area contributed by atoms with Gasteiger partial charge in [-0.25, -0.2) is 9.18 Å². The van der Waals surface area contributed by atoms with E-state index in [9.17, 15) is 24.6 Å². The smallest absolute Gasteiger partial charge is 0.341 e. The minimum Gasteiger partial charge on any atom is -0.493 e. The number of pyridine rings is 2. The van der Waals surface area contributed by atoms with E-state index >= 15 is 4.39 Å². The fraction of sp³-hybridized carbons (Fsp3) is 0.333. The van der Waals surface area contributed by atoms with Crippen LogP contribution in [-0.4, -0.2) is 73.9 Å². The second-order valence-electron chi connectivity index (χ2n) is 13.1. The minimum atomic E-state index is -1.35. The molecule has 1 amide bonds. The summed E-state index contributed by atoms with van der Waals surface area (Å²) in [5.41, 5.74) is 0.773. The van der Waals surface area contributed by atoms with Gasteiger partial charge in [0.1, 0.15) is 11.3 Å². The lowest BCUT2D eigenvalue weighted by Crippen LogP contribution is -2.45. The Morgan fingerprint density at radius 1 is 1.08 bits per heavy atom. The van der Waals surface area contributed by atoms with Crippen LogP contribution in [0.5, 0.6) is 11.6 Å². The van der Waals surface area contributed by atoms with Gasteiger partial charge in [0.15, 0.2) is 17.3 Å². The van der Waals surface area contributed by atoms with E-state index in [1.54, 1.807) is 21.3 Å². The second-order valence-corrected chi connectivity index (χ2v) is 13.1. The normalized spacial score (nSPS) is 19.4. The van der Waals surface area contributed by atoms with Crippen molar-refractivity contribution in [2.75, 3.05) is 31.6 Å². The average molecular weight is 680 g/mol. The number of carboxylic acid groups (broad SMARTS) is 1. The number of aromatic carboxylic acids is 1. The third-order valence-corrected chi connectivity index (χ3v) is 10.2. The van der Waals surface area contributed by atoms with Crippen LogP contribution >= 0.6 is 0 Å². The number of anilines is 1. The van der Waals surface area contributed by atoms with Crippen LogP contribution in [0.4, 0.5) is 15.8 Å². The van der Waals surface area contributed by atoms with Crippen molar-refractivity contribution in [2.45, 2.75) is 44.4 Å². The van der Waals surface area contributed by atoms with Crippen LogP contribution in [0.15, 0.2) is 76.1 Å². The number of nitrogens with zero attached hydrogens (tertiary/aromatic N) is 7. The number of amides is 1. The maximum Gasteiger partial charge on any atom is 0.341 e.